The molecule has 4 heteroatoms. The van der Waals surface area contributed by atoms with Gasteiger partial charge in [-0.25, -0.2) is 4.39 Å². The molecule has 100 valence electrons. The molecule has 2 atom stereocenters. The maximum atomic E-state index is 14.3. The van der Waals surface area contributed by atoms with Gasteiger partial charge in [0.25, 0.3) is 0 Å². The molecule has 1 fully saturated rings. The highest BCUT2D eigenvalue weighted by molar-refractivity contribution is 9.10. The second-order valence-corrected chi connectivity index (χ2v) is 6.06. The van der Waals surface area contributed by atoms with E-state index in [1.54, 1.807) is 0 Å². The van der Waals surface area contributed by atoms with E-state index < -0.39 is 0 Å². The zero-order valence-electron chi connectivity index (χ0n) is 10.9. The van der Waals surface area contributed by atoms with Crippen molar-refractivity contribution >= 4 is 21.6 Å². The molecule has 2 N–H and O–H groups in total. The van der Waals surface area contributed by atoms with Gasteiger partial charge in [-0.05, 0) is 45.8 Å². The fourth-order valence-corrected chi connectivity index (χ4v) is 2.96. The molecule has 1 aliphatic rings. The number of nitrogens with two attached hydrogens (primary N) is 1. The molecule has 0 saturated carbocycles. The van der Waals surface area contributed by atoms with E-state index in [9.17, 15) is 4.39 Å². The largest absolute Gasteiger partial charge is 0.369 e. The Morgan fingerprint density at radius 3 is 2.72 bits per heavy atom. The Balaban J connectivity index is 2.26. The predicted molar refractivity (Wildman–Crippen MR) is 77.1 cm³/mol. The zero-order chi connectivity index (χ0) is 13.3. The number of rotatable bonds is 2. The summed E-state index contributed by atoms with van der Waals surface area (Å²) < 4.78 is 14.8. The van der Waals surface area contributed by atoms with Crippen molar-refractivity contribution in [2.75, 3.05) is 18.0 Å². The van der Waals surface area contributed by atoms with Crippen molar-refractivity contribution in [2.24, 2.45) is 17.6 Å². The number of nitrogens with zero attached hydrogens (tertiary/aromatic N) is 1. The summed E-state index contributed by atoms with van der Waals surface area (Å²) in [5, 5.41) is 0. The van der Waals surface area contributed by atoms with Crippen LogP contribution in [0.1, 0.15) is 25.8 Å². The highest BCUT2D eigenvalue weighted by Crippen LogP contribution is 2.33. The first kappa shape index (κ1) is 13.8. The molecule has 0 spiro atoms. The molecular formula is C14H20BrFN2. The molecule has 1 aromatic rings. The quantitative estimate of drug-likeness (QED) is 0.905. The van der Waals surface area contributed by atoms with Gasteiger partial charge >= 0.3 is 0 Å². The van der Waals surface area contributed by atoms with Crippen molar-refractivity contribution in [1.29, 1.82) is 0 Å². The minimum absolute atomic E-state index is 0.181. The number of hydrogen-bond donors (Lipinski definition) is 1. The van der Waals surface area contributed by atoms with Crippen LogP contribution in [-0.2, 0) is 6.54 Å². The molecule has 1 heterocycles. The van der Waals surface area contributed by atoms with Crippen LogP contribution in [-0.4, -0.2) is 13.1 Å². The highest BCUT2D eigenvalue weighted by atomic mass is 79.9. The van der Waals surface area contributed by atoms with Crippen molar-refractivity contribution < 1.29 is 4.39 Å². The second kappa shape index (κ2) is 5.57. The van der Waals surface area contributed by atoms with Crippen LogP contribution < -0.4 is 10.6 Å². The van der Waals surface area contributed by atoms with Gasteiger partial charge in [-0.2, -0.15) is 0 Å². The lowest BCUT2D eigenvalue weighted by Crippen LogP contribution is -2.38. The lowest BCUT2D eigenvalue weighted by molar-refractivity contribution is 0.322. The summed E-state index contributed by atoms with van der Waals surface area (Å²) in [4.78, 5) is 2.14. The van der Waals surface area contributed by atoms with Gasteiger partial charge in [-0.3, -0.25) is 0 Å². The third-order valence-electron chi connectivity index (χ3n) is 4.04. The van der Waals surface area contributed by atoms with E-state index in [1.807, 2.05) is 12.1 Å². The first-order chi connectivity index (χ1) is 8.54. The van der Waals surface area contributed by atoms with E-state index in [4.69, 9.17) is 5.73 Å². The fraction of sp³-hybridized carbons (Fsp3) is 0.571. The number of hydrogen-bond acceptors (Lipinski definition) is 2. The van der Waals surface area contributed by atoms with Crippen LogP contribution in [0.15, 0.2) is 16.6 Å². The average molecular weight is 315 g/mol. The van der Waals surface area contributed by atoms with E-state index in [0.29, 0.717) is 22.6 Å². The van der Waals surface area contributed by atoms with Crippen molar-refractivity contribution in [3.05, 3.63) is 28.0 Å². The van der Waals surface area contributed by atoms with Crippen LogP contribution in [0, 0.1) is 17.7 Å². The van der Waals surface area contributed by atoms with Crippen molar-refractivity contribution in [3.63, 3.8) is 0 Å². The Bertz CT molecular complexity index is 436. The zero-order valence-corrected chi connectivity index (χ0v) is 12.5. The van der Waals surface area contributed by atoms with E-state index in [2.05, 4.69) is 34.7 Å². The molecule has 0 aliphatic carbocycles. The maximum Gasteiger partial charge on any atom is 0.160 e. The molecule has 1 aromatic carbocycles. The van der Waals surface area contributed by atoms with E-state index in [-0.39, 0.29) is 5.82 Å². The van der Waals surface area contributed by atoms with Gasteiger partial charge in [0.05, 0.1) is 10.2 Å². The van der Waals surface area contributed by atoms with Crippen molar-refractivity contribution in [3.8, 4) is 0 Å². The van der Waals surface area contributed by atoms with Crippen LogP contribution in [0.2, 0.25) is 0 Å². The van der Waals surface area contributed by atoms with E-state index in [0.717, 1.165) is 31.0 Å². The Labute approximate surface area is 116 Å². The molecule has 0 radical (unpaired) electrons. The number of anilines is 1. The molecule has 1 aliphatic heterocycles. The second-order valence-electron chi connectivity index (χ2n) is 5.27. The summed E-state index contributed by atoms with van der Waals surface area (Å²) in [5.74, 6) is 1.14. The molecular weight excluding hydrogens is 295 g/mol. The Morgan fingerprint density at radius 1 is 1.39 bits per heavy atom. The number of piperidine rings is 1. The minimum Gasteiger partial charge on any atom is -0.369 e. The van der Waals surface area contributed by atoms with Crippen LogP contribution in [0.3, 0.4) is 0 Å². The Kier molecular flexibility index (Phi) is 4.28. The van der Waals surface area contributed by atoms with Gasteiger partial charge in [-0.15, -0.1) is 0 Å². The summed E-state index contributed by atoms with van der Waals surface area (Å²) in [6, 6.07) is 3.76. The summed E-state index contributed by atoms with van der Waals surface area (Å²) in [7, 11) is 0. The van der Waals surface area contributed by atoms with E-state index in [1.165, 1.54) is 0 Å². The maximum absolute atomic E-state index is 14.3. The van der Waals surface area contributed by atoms with Crippen LogP contribution >= 0.6 is 15.9 Å². The molecule has 1 saturated heterocycles. The van der Waals surface area contributed by atoms with Gasteiger partial charge < -0.3 is 10.6 Å². The monoisotopic (exact) mass is 314 g/mol. The third-order valence-corrected chi connectivity index (χ3v) is 4.89. The van der Waals surface area contributed by atoms with Crippen molar-refractivity contribution in [1.82, 2.24) is 0 Å². The summed E-state index contributed by atoms with van der Waals surface area (Å²) in [6.45, 7) is 6.71. The van der Waals surface area contributed by atoms with Crippen LogP contribution in [0.4, 0.5) is 10.1 Å². The van der Waals surface area contributed by atoms with Gasteiger partial charge in [-0.1, -0.05) is 19.9 Å². The molecule has 18 heavy (non-hydrogen) atoms. The smallest absolute Gasteiger partial charge is 0.160 e. The van der Waals surface area contributed by atoms with Gasteiger partial charge in [0.1, 0.15) is 0 Å². The fourth-order valence-electron chi connectivity index (χ4n) is 2.46. The topological polar surface area (TPSA) is 29.3 Å². The summed E-state index contributed by atoms with van der Waals surface area (Å²) >= 11 is 3.30. The third kappa shape index (κ3) is 2.54. The number of halogens is 2. The number of benzene rings is 1. The molecule has 2 nitrogen and oxygen atoms in total. The van der Waals surface area contributed by atoms with Crippen LogP contribution in [0.5, 0.6) is 0 Å². The van der Waals surface area contributed by atoms with Crippen LogP contribution in [0.25, 0.3) is 0 Å². The first-order valence-electron chi connectivity index (χ1n) is 6.46. The minimum atomic E-state index is -0.181. The highest BCUT2D eigenvalue weighted by Gasteiger charge is 2.25. The molecule has 2 unspecified atom stereocenters. The van der Waals surface area contributed by atoms with Gasteiger partial charge in [0.15, 0.2) is 5.82 Å². The normalized spacial score (nSPS) is 24.4. The van der Waals surface area contributed by atoms with Crippen molar-refractivity contribution in [2.45, 2.75) is 26.8 Å². The SMILES string of the molecule is CC1CCN(c2ccc(CN)c(Br)c2F)CC1C. The molecule has 2 rings (SSSR count). The summed E-state index contributed by atoms with van der Waals surface area (Å²) in [6.07, 6.45) is 1.12. The average Bonchev–Trinajstić information content (AvgIpc) is 2.36. The molecule has 0 aromatic heterocycles. The standard InChI is InChI=1S/C14H20BrFN2/c1-9-5-6-18(8-10(9)2)12-4-3-11(7-17)13(15)14(12)16/h3-4,9-10H,5-8,17H2,1-2H3. The lowest BCUT2D eigenvalue weighted by atomic mass is 9.88. The lowest BCUT2D eigenvalue weighted by Gasteiger charge is -2.37. The van der Waals surface area contributed by atoms with Gasteiger partial charge in [0.2, 0.25) is 0 Å². The molecule has 0 amide bonds. The first-order valence-corrected chi connectivity index (χ1v) is 7.25. The Hall–Kier alpha value is -0.610. The van der Waals surface area contributed by atoms with Gasteiger partial charge in [0, 0.05) is 19.6 Å². The van der Waals surface area contributed by atoms with E-state index >= 15 is 0 Å². The molecule has 0 bridgehead atoms. The Morgan fingerprint density at radius 2 is 2.11 bits per heavy atom. The predicted octanol–water partition coefficient (Wildman–Crippen LogP) is 3.53. The summed E-state index contributed by atoms with van der Waals surface area (Å²) in [5.41, 5.74) is 7.08.